The molecule has 0 saturated heterocycles. The number of benzene rings is 3. The molecule has 0 saturated carbocycles. The van der Waals surface area contributed by atoms with Crippen LogP contribution in [0, 0.1) is 42.0 Å². The third-order valence-electron chi connectivity index (χ3n) is 4.24. The number of carbonyl (C=O) groups excluding carboxylic acids is 3. The molecule has 0 aliphatic carbocycles. The summed E-state index contributed by atoms with van der Waals surface area (Å²) < 4.78 is 124. The molecule has 0 fully saturated rings. The van der Waals surface area contributed by atoms with E-state index in [0.717, 1.165) is 30.3 Å². The third-order valence-corrected chi connectivity index (χ3v) is 6.19. The minimum atomic E-state index is -5.94. The van der Waals surface area contributed by atoms with Gasteiger partial charge in [0.1, 0.15) is 20.1 Å². The summed E-state index contributed by atoms with van der Waals surface area (Å²) in [4.78, 5) is 32.2. The molecule has 0 spiro atoms. The number of anilines is 3. The standard InChI is InChI=1S/2C8H6F2INO2.C8H7F2NO2.3CH4.I2.IO4.Na/c1-14-8(13)12-7-3-5(10)4(9)2-6(7)11;1-14-8(13)12-5-3-2-4(9)6(10)7(5)11;1-13-8(12)11-5-2-3-6(9)7(10)4-5;;;;1-2;2-1(3,4)5;/h2*2-3H,1H3,(H,12,13);2-4H,1H3,(H,11,12);3*1H4;;;/q;;;;;;;-1;+1. The average molecular weight is 1330 g/mol. The Morgan fingerprint density at radius 1 is 0.596 bits per heavy atom. The molecule has 25 heteroatoms. The molecule has 13 nitrogen and oxygen atoms in total. The summed E-state index contributed by atoms with van der Waals surface area (Å²) in [5, 5.41) is 6.70. The second-order valence-electron chi connectivity index (χ2n) is 7.33. The average Bonchev–Trinajstić information content (AvgIpc) is 3.02. The Morgan fingerprint density at radius 3 is 1.38 bits per heavy atom. The van der Waals surface area contributed by atoms with E-state index in [1.165, 1.54) is 33.5 Å². The maximum absolute atomic E-state index is 13.0. The van der Waals surface area contributed by atoms with Crippen LogP contribution in [-0.2, 0) is 14.2 Å². The molecule has 52 heavy (non-hydrogen) atoms. The first-order valence-electron chi connectivity index (χ1n) is 11.3. The van der Waals surface area contributed by atoms with Gasteiger partial charge in [-0.25, -0.2) is 40.7 Å². The van der Waals surface area contributed by atoms with E-state index in [1.54, 1.807) is 45.2 Å². The Labute approximate surface area is 375 Å². The summed E-state index contributed by atoms with van der Waals surface area (Å²) in [7, 11) is 3.54. The van der Waals surface area contributed by atoms with Crippen LogP contribution in [0.5, 0.6) is 0 Å². The van der Waals surface area contributed by atoms with Gasteiger partial charge in [-0.05, 0) is 75.5 Å². The van der Waals surface area contributed by atoms with Gasteiger partial charge in [-0.1, -0.05) is 22.3 Å². The largest absolute Gasteiger partial charge is 1.00 e. The van der Waals surface area contributed by atoms with Gasteiger partial charge >= 0.3 is 47.8 Å². The molecule has 0 aromatic heterocycles. The Bertz CT molecular complexity index is 1500. The van der Waals surface area contributed by atoms with Crippen LogP contribution in [0.25, 0.3) is 0 Å². The molecule has 3 amide bonds. The summed E-state index contributed by atoms with van der Waals surface area (Å²) in [5.41, 5.74) is 0.499. The van der Waals surface area contributed by atoms with Crippen molar-refractivity contribution in [2.24, 2.45) is 0 Å². The number of amides is 3. The summed E-state index contributed by atoms with van der Waals surface area (Å²) in [6.45, 7) is 0. The molecule has 0 heterocycles. The Morgan fingerprint density at radius 2 is 0.962 bits per heavy atom. The Kier molecular flexibility index (Phi) is 41.3. The van der Waals surface area contributed by atoms with Gasteiger partial charge in [-0.15, -0.1) is 0 Å². The minimum Gasteiger partial charge on any atom is -0.453 e. The number of halogens is 11. The molecule has 0 bridgehead atoms. The number of methoxy groups -OCH3 is 3. The fourth-order valence-electron chi connectivity index (χ4n) is 2.31. The number of hydrogen-bond donors (Lipinski definition) is 3. The predicted molar refractivity (Wildman–Crippen MR) is 201 cm³/mol. The number of rotatable bonds is 3. The van der Waals surface area contributed by atoms with E-state index in [0.29, 0.717) is 3.57 Å². The van der Waals surface area contributed by atoms with Crippen molar-refractivity contribution in [2.45, 2.75) is 22.3 Å². The molecule has 0 atom stereocenters. The van der Waals surface area contributed by atoms with E-state index < -0.39 is 73.3 Å². The third kappa shape index (κ3) is 28.9. The van der Waals surface area contributed by atoms with Crippen molar-refractivity contribution in [3.8, 4) is 0 Å². The van der Waals surface area contributed by atoms with E-state index in [-0.39, 0.29) is 72.5 Å². The van der Waals surface area contributed by atoms with E-state index in [2.05, 4.69) is 67.4 Å². The van der Waals surface area contributed by atoms with Gasteiger partial charge in [0.25, 0.3) is 0 Å². The van der Waals surface area contributed by atoms with Crippen molar-refractivity contribution in [3.63, 3.8) is 0 Å². The SMILES string of the molecule is C.C.C.COC(=O)Nc1cc(F)c(F)cc1I.COC(=O)Nc1ccc(F)c(F)c1.COC(=O)Nc1ccc(F)c(F)c1I.II.[Na+].[O-][I+3]([O-])([O-])[O-]. The van der Waals surface area contributed by atoms with Crippen molar-refractivity contribution in [1.29, 1.82) is 0 Å². The molecule has 0 aliphatic rings. The van der Waals surface area contributed by atoms with E-state index >= 15 is 0 Å². The summed E-state index contributed by atoms with van der Waals surface area (Å²) >= 11 is 1.67. The monoisotopic (exact) mass is 1330 g/mol. The van der Waals surface area contributed by atoms with Crippen LogP contribution in [0.3, 0.4) is 0 Å². The predicted octanol–water partition coefficient (Wildman–Crippen LogP) is 0.570. The molecule has 0 radical (unpaired) electrons. The van der Waals surface area contributed by atoms with Crippen LogP contribution in [0.4, 0.5) is 57.8 Å². The smallest absolute Gasteiger partial charge is 0.453 e. The first kappa shape index (κ1) is 63.5. The van der Waals surface area contributed by atoms with Crippen molar-refractivity contribution in [1.82, 2.24) is 0 Å². The van der Waals surface area contributed by atoms with Crippen LogP contribution in [-0.4, -0.2) is 39.6 Å². The number of carbonyl (C=O) groups is 3. The van der Waals surface area contributed by atoms with Gasteiger partial charge < -0.3 is 14.2 Å². The number of ether oxygens (including phenoxy) is 3. The van der Waals surface area contributed by atoms with Crippen molar-refractivity contribution in [3.05, 3.63) is 84.5 Å². The molecular formula is C27H31F6I5N3NaO10. The maximum Gasteiger partial charge on any atom is 1.00 e. The van der Waals surface area contributed by atoms with Crippen molar-refractivity contribution >= 4 is 118 Å². The molecule has 0 aliphatic heterocycles. The molecule has 0 unspecified atom stereocenters. The molecule has 292 valence electrons. The van der Waals surface area contributed by atoms with Crippen LogP contribution >= 0.6 is 82.4 Å². The van der Waals surface area contributed by atoms with E-state index in [9.17, 15) is 40.7 Å². The summed E-state index contributed by atoms with van der Waals surface area (Å²) in [6.07, 6.45) is -2.19. The molecule has 3 rings (SSSR count). The normalized spacial score (nSPS) is 8.87. The quantitative estimate of drug-likeness (QED) is 0.0831. The van der Waals surface area contributed by atoms with Gasteiger partial charge in [-0.2, -0.15) is 0 Å². The molecule has 3 N–H and O–H groups in total. The van der Waals surface area contributed by atoms with Gasteiger partial charge in [0.05, 0.1) is 36.3 Å². The molecular weight excluding hydrogens is 1300 g/mol. The summed E-state index contributed by atoms with van der Waals surface area (Å²) in [6, 6.07) is 7.09. The van der Waals surface area contributed by atoms with Gasteiger partial charge in [-0.3, -0.25) is 29.7 Å². The Hall–Kier alpha value is -0.460. The van der Waals surface area contributed by atoms with E-state index in [1.807, 2.05) is 0 Å². The maximum atomic E-state index is 13.0. The molecule has 3 aromatic rings. The van der Waals surface area contributed by atoms with Crippen LogP contribution in [0.15, 0.2) is 42.5 Å². The van der Waals surface area contributed by atoms with Gasteiger partial charge in [0, 0.05) is 58.6 Å². The van der Waals surface area contributed by atoms with Crippen LogP contribution in [0.1, 0.15) is 22.3 Å². The molecule has 3 aromatic carbocycles. The summed E-state index contributed by atoms with van der Waals surface area (Å²) in [5.74, 6) is -5.89. The second kappa shape index (κ2) is 33.8. The fraction of sp³-hybridized carbons (Fsp3) is 0.222. The Balaban J connectivity index is -0.000000135. The van der Waals surface area contributed by atoms with Gasteiger partial charge in [0.2, 0.25) is 0 Å². The number of nitrogens with one attached hydrogen (secondary N) is 3. The fourth-order valence-corrected chi connectivity index (χ4v) is 3.44. The zero-order valence-corrected chi connectivity index (χ0v) is 37.6. The van der Waals surface area contributed by atoms with Crippen LogP contribution in [0.2, 0.25) is 0 Å². The first-order valence-corrected chi connectivity index (χ1v) is 23.2. The minimum absolute atomic E-state index is 0. The van der Waals surface area contributed by atoms with Crippen molar-refractivity contribution in [2.75, 3.05) is 37.3 Å². The van der Waals surface area contributed by atoms with Gasteiger partial charge in [0.15, 0.2) is 34.9 Å². The van der Waals surface area contributed by atoms with Crippen molar-refractivity contribution < 1.29 is 118 Å². The zero-order valence-electron chi connectivity index (χ0n) is 24.8. The first-order chi connectivity index (χ1) is 22.2. The van der Waals surface area contributed by atoms with E-state index in [4.69, 9.17) is 13.7 Å². The second-order valence-corrected chi connectivity index (χ2v) is 11.7. The van der Waals surface area contributed by atoms with Crippen LogP contribution < -0.4 is 79.3 Å². The number of hydrogen-bond acceptors (Lipinski definition) is 10. The topological polar surface area (TPSA) is 207 Å². The zero-order chi connectivity index (χ0) is 37.8.